The lowest BCUT2D eigenvalue weighted by atomic mass is 10.2. The first-order valence-corrected chi connectivity index (χ1v) is 2.94. The summed E-state index contributed by atoms with van der Waals surface area (Å²) >= 11 is 0. The highest BCUT2D eigenvalue weighted by Gasteiger charge is 1.97. The summed E-state index contributed by atoms with van der Waals surface area (Å²) in [7, 11) is 0. The Balaban J connectivity index is 0. The molecule has 0 aliphatic rings. The standard InChI is InChI=1S/C7H12N2O.ClH/c1-3-6(8)4-5(2)7(9)10;/h3-4,6H,1,8H2,2H3,(H2,9,10);1H. The molecule has 0 saturated carbocycles. The Kier molecular flexibility index (Phi) is 6.94. The third-order valence-electron chi connectivity index (χ3n) is 1.10. The fraction of sp³-hybridized carbons (Fsp3) is 0.286. The van der Waals surface area contributed by atoms with Crippen LogP contribution in [0.3, 0.4) is 0 Å². The van der Waals surface area contributed by atoms with Gasteiger partial charge in [-0.25, -0.2) is 0 Å². The van der Waals surface area contributed by atoms with Crippen molar-refractivity contribution in [3.63, 3.8) is 0 Å². The molecule has 3 nitrogen and oxygen atoms in total. The van der Waals surface area contributed by atoms with E-state index in [9.17, 15) is 4.79 Å². The minimum Gasteiger partial charge on any atom is -0.366 e. The van der Waals surface area contributed by atoms with E-state index in [4.69, 9.17) is 11.5 Å². The summed E-state index contributed by atoms with van der Waals surface area (Å²) < 4.78 is 0. The van der Waals surface area contributed by atoms with Crippen LogP contribution in [0, 0.1) is 0 Å². The largest absolute Gasteiger partial charge is 0.366 e. The Morgan fingerprint density at radius 2 is 2.09 bits per heavy atom. The van der Waals surface area contributed by atoms with Crippen LogP contribution in [-0.2, 0) is 4.79 Å². The smallest absolute Gasteiger partial charge is 0.244 e. The lowest BCUT2D eigenvalue weighted by molar-refractivity contribution is -0.114. The molecule has 0 rings (SSSR count). The summed E-state index contributed by atoms with van der Waals surface area (Å²) in [6.45, 7) is 5.07. The maximum Gasteiger partial charge on any atom is 0.244 e. The fourth-order valence-electron chi connectivity index (χ4n) is 0.439. The van der Waals surface area contributed by atoms with E-state index in [1.807, 2.05) is 0 Å². The van der Waals surface area contributed by atoms with Gasteiger partial charge in [0.15, 0.2) is 0 Å². The first-order chi connectivity index (χ1) is 4.57. The number of amides is 1. The van der Waals surface area contributed by atoms with Gasteiger partial charge in [-0.15, -0.1) is 19.0 Å². The van der Waals surface area contributed by atoms with Crippen LogP contribution in [0.1, 0.15) is 6.92 Å². The van der Waals surface area contributed by atoms with Gasteiger partial charge < -0.3 is 11.5 Å². The van der Waals surface area contributed by atoms with E-state index in [1.165, 1.54) is 6.08 Å². The number of hydrogen-bond acceptors (Lipinski definition) is 2. The Morgan fingerprint density at radius 1 is 1.64 bits per heavy atom. The number of carbonyl (C=O) groups excluding carboxylic acids is 1. The van der Waals surface area contributed by atoms with E-state index < -0.39 is 5.91 Å². The normalized spacial score (nSPS) is 13.1. The number of nitrogens with two attached hydrogens (primary N) is 2. The second-order valence-electron chi connectivity index (χ2n) is 2.03. The van der Waals surface area contributed by atoms with Crippen molar-refractivity contribution in [1.29, 1.82) is 0 Å². The Labute approximate surface area is 72.5 Å². The average Bonchev–Trinajstić information content (AvgIpc) is 1.87. The van der Waals surface area contributed by atoms with Crippen molar-refractivity contribution >= 4 is 18.3 Å². The monoisotopic (exact) mass is 176 g/mol. The van der Waals surface area contributed by atoms with Crippen molar-refractivity contribution in [1.82, 2.24) is 0 Å². The van der Waals surface area contributed by atoms with Crippen LogP contribution in [0.5, 0.6) is 0 Å². The molecule has 0 heterocycles. The highest BCUT2D eigenvalue weighted by Crippen LogP contribution is 1.92. The number of hydrogen-bond donors (Lipinski definition) is 2. The SMILES string of the molecule is C=CC(N)C=C(C)C(N)=O.Cl. The summed E-state index contributed by atoms with van der Waals surface area (Å²) in [6.07, 6.45) is 3.10. The fourth-order valence-corrected chi connectivity index (χ4v) is 0.439. The molecule has 1 unspecified atom stereocenters. The number of rotatable bonds is 3. The molecule has 0 aromatic heterocycles. The molecule has 0 aromatic carbocycles. The van der Waals surface area contributed by atoms with Gasteiger partial charge >= 0.3 is 0 Å². The highest BCUT2D eigenvalue weighted by molar-refractivity contribution is 5.91. The van der Waals surface area contributed by atoms with Crippen molar-refractivity contribution in [2.45, 2.75) is 13.0 Å². The summed E-state index contributed by atoms with van der Waals surface area (Å²) in [5.41, 5.74) is 10.8. The topological polar surface area (TPSA) is 69.1 Å². The van der Waals surface area contributed by atoms with E-state index >= 15 is 0 Å². The van der Waals surface area contributed by atoms with Crippen LogP contribution in [-0.4, -0.2) is 11.9 Å². The molecule has 0 aromatic rings. The summed E-state index contributed by atoms with van der Waals surface area (Å²) in [6, 6.07) is -0.285. The van der Waals surface area contributed by atoms with E-state index in [2.05, 4.69) is 6.58 Å². The van der Waals surface area contributed by atoms with Crippen LogP contribution in [0.15, 0.2) is 24.3 Å². The Morgan fingerprint density at radius 3 is 2.36 bits per heavy atom. The summed E-state index contributed by atoms with van der Waals surface area (Å²) in [5, 5.41) is 0. The number of halogens is 1. The predicted octanol–water partition coefficient (Wildman–Crippen LogP) is 0.353. The first-order valence-electron chi connectivity index (χ1n) is 2.94. The zero-order valence-electron chi connectivity index (χ0n) is 6.41. The van der Waals surface area contributed by atoms with Gasteiger partial charge in [0.05, 0.1) is 0 Å². The van der Waals surface area contributed by atoms with E-state index in [0.29, 0.717) is 5.57 Å². The lowest BCUT2D eigenvalue weighted by Gasteiger charge is -1.98. The maximum absolute atomic E-state index is 10.4. The van der Waals surface area contributed by atoms with Crippen LogP contribution in [0.25, 0.3) is 0 Å². The predicted molar refractivity (Wildman–Crippen MR) is 48.4 cm³/mol. The van der Waals surface area contributed by atoms with E-state index in [0.717, 1.165) is 0 Å². The van der Waals surface area contributed by atoms with Gasteiger partial charge in [0.25, 0.3) is 0 Å². The average molecular weight is 177 g/mol. The third-order valence-corrected chi connectivity index (χ3v) is 1.10. The van der Waals surface area contributed by atoms with Crippen LogP contribution >= 0.6 is 12.4 Å². The first kappa shape index (κ1) is 12.8. The second kappa shape index (κ2) is 5.95. The minimum atomic E-state index is -0.447. The number of primary amides is 1. The maximum atomic E-state index is 10.4. The zero-order chi connectivity index (χ0) is 8.15. The molecule has 0 aliphatic heterocycles. The quantitative estimate of drug-likeness (QED) is 0.482. The van der Waals surface area contributed by atoms with Crippen LogP contribution in [0.4, 0.5) is 0 Å². The van der Waals surface area contributed by atoms with Gasteiger partial charge in [-0.05, 0) is 6.92 Å². The lowest BCUT2D eigenvalue weighted by Crippen LogP contribution is -2.18. The molecule has 4 N–H and O–H groups in total. The molecule has 0 fully saturated rings. The molecule has 0 radical (unpaired) electrons. The van der Waals surface area contributed by atoms with Gasteiger partial charge in [0, 0.05) is 11.6 Å². The van der Waals surface area contributed by atoms with Gasteiger partial charge in [-0.1, -0.05) is 12.2 Å². The summed E-state index contributed by atoms with van der Waals surface area (Å²) in [4.78, 5) is 10.4. The molecular formula is C7H13ClN2O. The molecule has 64 valence electrons. The van der Waals surface area contributed by atoms with E-state index in [1.54, 1.807) is 13.0 Å². The molecular weight excluding hydrogens is 164 g/mol. The molecule has 4 heteroatoms. The van der Waals surface area contributed by atoms with Gasteiger partial charge in [-0.2, -0.15) is 0 Å². The van der Waals surface area contributed by atoms with Crippen molar-refractivity contribution in [2.24, 2.45) is 11.5 Å². The Hall–Kier alpha value is -0.800. The Bertz CT molecular complexity index is 177. The summed E-state index contributed by atoms with van der Waals surface area (Å²) in [5.74, 6) is -0.447. The van der Waals surface area contributed by atoms with Crippen LogP contribution in [0.2, 0.25) is 0 Å². The molecule has 0 bridgehead atoms. The van der Waals surface area contributed by atoms with E-state index in [-0.39, 0.29) is 18.4 Å². The molecule has 0 saturated heterocycles. The van der Waals surface area contributed by atoms with Gasteiger partial charge in [-0.3, -0.25) is 4.79 Å². The van der Waals surface area contributed by atoms with Crippen molar-refractivity contribution < 1.29 is 4.79 Å². The van der Waals surface area contributed by atoms with Crippen molar-refractivity contribution in [3.8, 4) is 0 Å². The highest BCUT2D eigenvalue weighted by atomic mass is 35.5. The number of carbonyl (C=O) groups is 1. The molecule has 1 atom stereocenters. The van der Waals surface area contributed by atoms with Crippen molar-refractivity contribution in [2.75, 3.05) is 0 Å². The zero-order valence-corrected chi connectivity index (χ0v) is 7.23. The molecule has 0 spiro atoms. The van der Waals surface area contributed by atoms with Crippen LogP contribution < -0.4 is 11.5 Å². The third kappa shape index (κ3) is 5.63. The second-order valence-corrected chi connectivity index (χ2v) is 2.03. The van der Waals surface area contributed by atoms with Gasteiger partial charge in [0.2, 0.25) is 5.91 Å². The van der Waals surface area contributed by atoms with Crippen molar-refractivity contribution in [3.05, 3.63) is 24.3 Å². The molecule has 1 amide bonds. The van der Waals surface area contributed by atoms with Gasteiger partial charge in [0.1, 0.15) is 0 Å². The minimum absolute atomic E-state index is 0. The molecule has 11 heavy (non-hydrogen) atoms. The molecule has 0 aliphatic carbocycles.